The summed E-state index contributed by atoms with van der Waals surface area (Å²) in [5.41, 5.74) is -1.97. The molecule has 3 aromatic heterocycles. The highest BCUT2D eigenvalue weighted by Gasteiger charge is 2.35. The predicted molar refractivity (Wildman–Crippen MR) is 150 cm³/mol. The number of hydrogen-bond acceptors (Lipinski definition) is 9. The molecule has 12 nitrogen and oxygen atoms in total. The summed E-state index contributed by atoms with van der Waals surface area (Å²) in [4.78, 5) is 42.1. The van der Waals surface area contributed by atoms with E-state index in [1.165, 1.54) is 47.1 Å². The first-order chi connectivity index (χ1) is 19.5. The quantitative estimate of drug-likeness (QED) is 0.265. The van der Waals surface area contributed by atoms with Crippen molar-refractivity contribution < 1.29 is 18.7 Å². The second kappa shape index (κ2) is 12.0. The molecule has 0 radical (unpaired) electrons. The van der Waals surface area contributed by atoms with Crippen LogP contribution in [-0.2, 0) is 28.2 Å². The van der Waals surface area contributed by atoms with Gasteiger partial charge in [0.2, 0.25) is 5.91 Å². The van der Waals surface area contributed by atoms with E-state index in [0.717, 1.165) is 15.9 Å². The van der Waals surface area contributed by atoms with Crippen LogP contribution in [0, 0.1) is 24.1 Å². The highest BCUT2D eigenvalue weighted by Crippen LogP contribution is 2.37. The van der Waals surface area contributed by atoms with Crippen LogP contribution in [0.2, 0.25) is 0 Å². The van der Waals surface area contributed by atoms with Gasteiger partial charge < -0.3 is 14.8 Å². The zero-order valence-corrected chi connectivity index (χ0v) is 24.1. The highest BCUT2D eigenvalue weighted by atomic mass is 32.1. The molecule has 1 aromatic carbocycles. The first-order valence-electron chi connectivity index (χ1n) is 12.8. The molecule has 216 valence electrons. The molecule has 3 heterocycles. The van der Waals surface area contributed by atoms with Crippen LogP contribution in [0.1, 0.15) is 38.3 Å². The van der Waals surface area contributed by atoms with Crippen molar-refractivity contribution in [1.29, 1.82) is 5.26 Å². The van der Waals surface area contributed by atoms with Gasteiger partial charge >= 0.3 is 5.69 Å². The van der Waals surface area contributed by atoms with Crippen LogP contribution in [0.4, 0.5) is 4.39 Å². The van der Waals surface area contributed by atoms with Gasteiger partial charge in [0, 0.05) is 17.2 Å². The predicted octanol–water partition coefficient (Wildman–Crippen LogP) is 2.63. The third kappa shape index (κ3) is 5.91. The van der Waals surface area contributed by atoms with Gasteiger partial charge in [-0.25, -0.2) is 9.18 Å². The van der Waals surface area contributed by atoms with E-state index in [2.05, 4.69) is 15.5 Å². The monoisotopic (exact) mass is 583 g/mol. The number of methoxy groups -OCH3 is 1. The minimum Gasteiger partial charge on any atom is -0.496 e. The van der Waals surface area contributed by atoms with E-state index in [1.807, 2.05) is 6.07 Å². The van der Waals surface area contributed by atoms with Crippen molar-refractivity contribution in [3.63, 3.8) is 0 Å². The summed E-state index contributed by atoms with van der Waals surface area (Å²) in [6.45, 7) is 6.17. The minimum atomic E-state index is -1.40. The molecule has 1 unspecified atom stereocenters. The lowest BCUT2D eigenvalue weighted by Gasteiger charge is -2.32. The number of aromatic nitrogens is 5. The molecule has 0 bridgehead atoms. The number of ether oxygens (including phenoxy) is 2. The standard InChI is InChI=1S/C27H30FN7O5S/c1-16(2)32-21(36)14-33-23(37)22-17(3)24(35-30-10-11-31-35)41-25(22)34(26(33)38)15-27(4,40-12-6-9-29)19-13-18(28)7-8-20(19)39-5/h7-8,10-11,13,16H,6,12,14-15H2,1-5H3,(H,32,36). The molecule has 4 rings (SSSR count). The Morgan fingerprint density at radius 1 is 1.24 bits per heavy atom. The maximum Gasteiger partial charge on any atom is 0.332 e. The summed E-state index contributed by atoms with van der Waals surface area (Å²) >= 11 is 1.13. The molecule has 0 aliphatic carbocycles. The molecule has 0 spiro atoms. The first-order valence-corrected chi connectivity index (χ1v) is 13.6. The van der Waals surface area contributed by atoms with Crippen molar-refractivity contribution >= 4 is 27.5 Å². The van der Waals surface area contributed by atoms with Crippen LogP contribution in [0.15, 0.2) is 40.2 Å². The van der Waals surface area contributed by atoms with E-state index < -0.39 is 35.1 Å². The van der Waals surface area contributed by atoms with Crippen molar-refractivity contribution in [1.82, 2.24) is 29.4 Å². The first kappa shape index (κ1) is 29.6. The van der Waals surface area contributed by atoms with Crippen LogP contribution in [0.5, 0.6) is 5.75 Å². The second-order valence-corrected chi connectivity index (χ2v) is 10.8. The number of nitriles is 1. The molecule has 0 saturated heterocycles. The number of fused-ring (bicyclic) bond motifs is 1. The number of rotatable bonds is 11. The number of amides is 1. The van der Waals surface area contributed by atoms with Crippen molar-refractivity contribution in [2.45, 2.75) is 58.8 Å². The lowest BCUT2D eigenvalue weighted by atomic mass is 9.94. The third-order valence-electron chi connectivity index (χ3n) is 6.45. The van der Waals surface area contributed by atoms with E-state index in [9.17, 15) is 18.8 Å². The number of aryl methyl sites for hydroxylation is 1. The van der Waals surface area contributed by atoms with E-state index in [-0.39, 0.29) is 31.0 Å². The Morgan fingerprint density at radius 2 is 1.95 bits per heavy atom. The number of nitrogens with one attached hydrogen (secondary N) is 1. The molecular weight excluding hydrogens is 553 g/mol. The Balaban J connectivity index is 2.00. The summed E-state index contributed by atoms with van der Waals surface area (Å²) < 4.78 is 28.4. The molecule has 1 N–H and O–H groups in total. The molecule has 0 aliphatic heterocycles. The summed E-state index contributed by atoms with van der Waals surface area (Å²) in [6, 6.07) is 5.74. The SMILES string of the molecule is COc1ccc(F)cc1C(C)(Cn1c(=O)n(CC(=O)NC(C)C)c(=O)c2c(C)c(-n3nccn3)sc21)OCCC#N. The van der Waals surface area contributed by atoms with Gasteiger partial charge in [0.1, 0.15) is 33.5 Å². The molecule has 1 atom stereocenters. The van der Waals surface area contributed by atoms with Crippen molar-refractivity contribution in [3.8, 4) is 16.8 Å². The molecule has 0 saturated carbocycles. The van der Waals surface area contributed by atoms with Crippen LogP contribution < -0.4 is 21.3 Å². The highest BCUT2D eigenvalue weighted by molar-refractivity contribution is 7.21. The lowest BCUT2D eigenvalue weighted by Crippen LogP contribution is -2.47. The van der Waals surface area contributed by atoms with Gasteiger partial charge in [0.15, 0.2) is 0 Å². The van der Waals surface area contributed by atoms with Gasteiger partial charge in [-0.05, 0) is 45.9 Å². The van der Waals surface area contributed by atoms with E-state index in [0.29, 0.717) is 26.7 Å². The van der Waals surface area contributed by atoms with E-state index in [4.69, 9.17) is 14.7 Å². The van der Waals surface area contributed by atoms with Gasteiger partial charge in [-0.15, -0.1) is 4.80 Å². The van der Waals surface area contributed by atoms with Crippen LogP contribution >= 0.6 is 11.3 Å². The number of carbonyl (C=O) groups excluding carboxylic acids is 1. The number of thiophene rings is 1. The number of benzene rings is 1. The number of halogens is 1. The molecular formula is C27H30FN7O5S. The van der Waals surface area contributed by atoms with Crippen LogP contribution in [-0.4, -0.2) is 49.8 Å². The fourth-order valence-electron chi connectivity index (χ4n) is 4.61. The van der Waals surface area contributed by atoms with Gasteiger partial charge in [-0.3, -0.25) is 18.7 Å². The molecule has 14 heteroatoms. The molecule has 41 heavy (non-hydrogen) atoms. The normalized spacial score (nSPS) is 12.8. The van der Waals surface area contributed by atoms with Crippen molar-refractivity contribution in [2.75, 3.05) is 13.7 Å². The van der Waals surface area contributed by atoms with Gasteiger partial charge in [0.05, 0.1) is 50.5 Å². The molecule has 0 fully saturated rings. The molecule has 4 aromatic rings. The maximum atomic E-state index is 14.5. The smallest absolute Gasteiger partial charge is 0.332 e. The maximum absolute atomic E-state index is 14.5. The van der Waals surface area contributed by atoms with E-state index >= 15 is 0 Å². The fraction of sp³-hybridized carbons (Fsp3) is 0.407. The minimum absolute atomic E-state index is 0.0209. The van der Waals surface area contributed by atoms with Crippen LogP contribution in [0.25, 0.3) is 15.2 Å². The zero-order valence-electron chi connectivity index (χ0n) is 23.3. The van der Waals surface area contributed by atoms with Crippen molar-refractivity contribution in [3.05, 3.63) is 68.4 Å². The molecule has 0 aliphatic rings. The number of hydrogen-bond donors (Lipinski definition) is 1. The lowest BCUT2D eigenvalue weighted by molar-refractivity contribution is -0.122. The average molecular weight is 584 g/mol. The second-order valence-electron chi connectivity index (χ2n) is 9.85. The summed E-state index contributed by atoms with van der Waals surface area (Å²) in [5.74, 6) is -0.752. The number of nitrogens with zero attached hydrogens (tertiary/aromatic N) is 6. The fourth-order valence-corrected chi connectivity index (χ4v) is 5.82. The van der Waals surface area contributed by atoms with Crippen molar-refractivity contribution in [2.24, 2.45) is 0 Å². The third-order valence-corrected chi connectivity index (χ3v) is 7.73. The Bertz CT molecular complexity index is 1740. The Hall–Kier alpha value is -4.35. The summed E-state index contributed by atoms with van der Waals surface area (Å²) in [6.07, 6.45) is 3.02. The summed E-state index contributed by atoms with van der Waals surface area (Å²) in [7, 11) is 1.43. The number of carbonyl (C=O) groups is 1. The van der Waals surface area contributed by atoms with Gasteiger partial charge in [-0.1, -0.05) is 11.3 Å². The summed E-state index contributed by atoms with van der Waals surface area (Å²) in [5, 5.41) is 20.9. The average Bonchev–Trinajstić information content (AvgIpc) is 3.57. The molecule has 1 amide bonds. The van der Waals surface area contributed by atoms with Gasteiger partial charge in [0.25, 0.3) is 5.56 Å². The Kier molecular flexibility index (Phi) is 8.69. The topological polar surface area (TPSA) is 146 Å². The Labute approximate surface area is 238 Å². The van der Waals surface area contributed by atoms with Crippen LogP contribution in [0.3, 0.4) is 0 Å². The van der Waals surface area contributed by atoms with Gasteiger partial charge in [-0.2, -0.15) is 15.5 Å². The zero-order chi connectivity index (χ0) is 29.9. The van der Waals surface area contributed by atoms with E-state index in [1.54, 1.807) is 27.7 Å². The largest absolute Gasteiger partial charge is 0.496 e. The Morgan fingerprint density at radius 3 is 2.59 bits per heavy atom.